The van der Waals surface area contributed by atoms with Gasteiger partial charge in [0.2, 0.25) is 0 Å². The zero-order chi connectivity index (χ0) is 10.0. The normalized spacial score (nSPS) is 9.77. The Morgan fingerprint density at radius 3 is 2.77 bits per heavy atom. The Kier molecular flexibility index (Phi) is 2.72. The highest BCUT2D eigenvalue weighted by atomic mass is 35.5. The first kappa shape index (κ1) is 9.80. The third-order valence-corrected chi connectivity index (χ3v) is 1.81. The summed E-state index contributed by atoms with van der Waals surface area (Å²) in [5, 5.41) is 0.000370. The largest absolute Gasteiger partial charge is 0.465 e. The lowest BCUT2D eigenvalue weighted by Crippen LogP contribution is -2.06. The first-order valence-corrected chi connectivity index (χ1v) is 3.77. The van der Waals surface area contributed by atoms with E-state index in [-0.39, 0.29) is 16.3 Å². The lowest BCUT2D eigenvalue weighted by Gasteiger charge is -2.04. The number of hydrogen-bond acceptors (Lipinski definition) is 3. The van der Waals surface area contributed by atoms with E-state index in [4.69, 9.17) is 17.3 Å². The van der Waals surface area contributed by atoms with E-state index in [9.17, 15) is 9.18 Å². The minimum atomic E-state index is -0.709. The van der Waals surface area contributed by atoms with Crippen LogP contribution in [0.2, 0.25) is 5.02 Å². The molecule has 0 fully saturated rings. The van der Waals surface area contributed by atoms with Crippen molar-refractivity contribution in [2.75, 3.05) is 12.8 Å². The molecule has 0 unspecified atom stereocenters. The average Bonchev–Trinajstić information content (AvgIpc) is 2.10. The lowest BCUT2D eigenvalue weighted by molar-refractivity contribution is 0.0601. The Bertz CT molecular complexity index is 354. The van der Waals surface area contributed by atoms with Crippen molar-refractivity contribution in [1.82, 2.24) is 0 Å². The summed E-state index contributed by atoms with van der Waals surface area (Å²) in [6, 6.07) is 2.01. The number of ether oxygens (including phenoxy) is 1. The summed E-state index contributed by atoms with van der Waals surface area (Å²) in [6.07, 6.45) is 0. The molecule has 70 valence electrons. The van der Waals surface area contributed by atoms with Crippen LogP contribution >= 0.6 is 11.6 Å². The fraction of sp³-hybridized carbons (Fsp3) is 0.125. The van der Waals surface area contributed by atoms with E-state index in [0.717, 1.165) is 12.1 Å². The predicted octanol–water partition coefficient (Wildman–Crippen LogP) is 1.85. The third kappa shape index (κ3) is 1.89. The predicted molar refractivity (Wildman–Crippen MR) is 47.2 cm³/mol. The van der Waals surface area contributed by atoms with Gasteiger partial charge in [0.1, 0.15) is 5.82 Å². The summed E-state index contributed by atoms with van der Waals surface area (Å²) in [7, 11) is 1.18. The number of halogens is 2. The molecule has 3 nitrogen and oxygen atoms in total. The van der Waals surface area contributed by atoms with Crippen molar-refractivity contribution in [3.8, 4) is 0 Å². The number of benzene rings is 1. The molecule has 1 aromatic rings. The second kappa shape index (κ2) is 3.62. The van der Waals surface area contributed by atoms with Gasteiger partial charge in [0.05, 0.1) is 23.4 Å². The van der Waals surface area contributed by atoms with Gasteiger partial charge in [-0.3, -0.25) is 0 Å². The lowest BCUT2D eigenvalue weighted by atomic mass is 10.2. The van der Waals surface area contributed by atoms with Crippen LogP contribution in [0.25, 0.3) is 0 Å². The Morgan fingerprint density at radius 2 is 2.23 bits per heavy atom. The molecule has 0 heterocycles. The second-order valence-corrected chi connectivity index (χ2v) is 2.75. The van der Waals surface area contributed by atoms with Crippen molar-refractivity contribution in [3.63, 3.8) is 0 Å². The number of nitrogen functional groups attached to an aromatic ring is 1. The van der Waals surface area contributed by atoms with Crippen LogP contribution in [-0.4, -0.2) is 13.1 Å². The van der Waals surface area contributed by atoms with Crippen molar-refractivity contribution in [2.45, 2.75) is 0 Å². The van der Waals surface area contributed by atoms with Crippen molar-refractivity contribution >= 4 is 23.3 Å². The molecule has 0 atom stereocenters. The molecule has 5 heteroatoms. The van der Waals surface area contributed by atoms with Gasteiger partial charge >= 0.3 is 5.97 Å². The van der Waals surface area contributed by atoms with Gasteiger partial charge < -0.3 is 10.5 Å². The van der Waals surface area contributed by atoms with Gasteiger partial charge in [-0.25, -0.2) is 9.18 Å². The second-order valence-electron chi connectivity index (χ2n) is 2.34. The number of esters is 1. The monoisotopic (exact) mass is 203 g/mol. The van der Waals surface area contributed by atoms with Crippen LogP contribution in [0.3, 0.4) is 0 Å². The number of rotatable bonds is 1. The van der Waals surface area contributed by atoms with E-state index < -0.39 is 11.8 Å². The minimum absolute atomic E-state index is 0.000370. The van der Waals surface area contributed by atoms with Crippen LogP contribution in [-0.2, 0) is 4.74 Å². The number of nitrogens with two attached hydrogens (primary N) is 1. The minimum Gasteiger partial charge on any atom is -0.465 e. The van der Waals surface area contributed by atoms with Crippen LogP contribution in [0.1, 0.15) is 10.4 Å². The van der Waals surface area contributed by atoms with E-state index in [1.165, 1.54) is 7.11 Å². The van der Waals surface area contributed by atoms with Crippen molar-refractivity contribution < 1.29 is 13.9 Å². The summed E-state index contributed by atoms with van der Waals surface area (Å²) in [4.78, 5) is 11.0. The van der Waals surface area contributed by atoms with Crippen LogP contribution in [0.4, 0.5) is 10.1 Å². The number of anilines is 1. The van der Waals surface area contributed by atoms with E-state index in [1.54, 1.807) is 0 Å². The molecule has 2 N–H and O–H groups in total. The number of methoxy groups -OCH3 is 1. The van der Waals surface area contributed by atoms with Gasteiger partial charge in [-0.05, 0) is 12.1 Å². The van der Waals surface area contributed by atoms with Crippen molar-refractivity contribution in [3.05, 3.63) is 28.5 Å². The maximum atomic E-state index is 12.8. The third-order valence-electron chi connectivity index (χ3n) is 1.50. The molecule has 0 bridgehead atoms. The zero-order valence-electron chi connectivity index (χ0n) is 6.80. The molecular weight excluding hydrogens is 197 g/mol. The van der Waals surface area contributed by atoms with E-state index in [2.05, 4.69) is 4.74 Å². The summed E-state index contributed by atoms with van der Waals surface area (Å²) < 4.78 is 17.1. The van der Waals surface area contributed by atoms with E-state index in [1.807, 2.05) is 0 Å². The SMILES string of the molecule is COC(=O)c1cc(F)cc(Cl)c1N. The van der Waals surface area contributed by atoms with Gasteiger partial charge in [-0.2, -0.15) is 0 Å². The van der Waals surface area contributed by atoms with Crippen LogP contribution < -0.4 is 5.73 Å². The Morgan fingerprint density at radius 1 is 1.62 bits per heavy atom. The van der Waals surface area contributed by atoms with Crippen molar-refractivity contribution in [2.24, 2.45) is 0 Å². The van der Waals surface area contributed by atoms with Gasteiger partial charge in [-0.15, -0.1) is 0 Å². The van der Waals surface area contributed by atoms with Crippen LogP contribution in [0.5, 0.6) is 0 Å². The fourth-order valence-electron chi connectivity index (χ4n) is 0.864. The van der Waals surface area contributed by atoms with E-state index in [0.29, 0.717) is 0 Å². The molecule has 1 rings (SSSR count). The summed E-state index contributed by atoms with van der Waals surface area (Å²) in [5.74, 6) is -1.33. The fourth-order valence-corrected chi connectivity index (χ4v) is 1.07. The van der Waals surface area contributed by atoms with Gasteiger partial charge in [0.25, 0.3) is 0 Å². The molecule has 13 heavy (non-hydrogen) atoms. The van der Waals surface area contributed by atoms with Crippen LogP contribution in [0.15, 0.2) is 12.1 Å². The number of hydrogen-bond donors (Lipinski definition) is 1. The molecule has 1 aromatic carbocycles. The molecule has 0 saturated heterocycles. The number of carbonyl (C=O) groups is 1. The maximum Gasteiger partial charge on any atom is 0.340 e. The highest BCUT2D eigenvalue weighted by Crippen LogP contribution is 2.24. The smallest absolute Gasteiger partial charge is 0.340 e. The number of carbonyl (C=O) groups excluding carboxylic acids is 1. The molecule has 0 aliphatic heterocycles. The molecule has 0 radical (unpaired) electrons. The Hall–Kier alpha value is -1.29. The first-order valence-electron chi connectivity index (χ1n) is 3.39. The highest BCUT2D eigenvalue weighted by molar-refractivity contribution is 6.33. The average molecular weight is 204 g/mol. The summed E-state index contributed by atoms with van der Waals surface area (Å²) in [6.45, 7) is 0. The molecule has 0 saturated carbocycles. The zero-order valence-corrected chi connectivity index (χ0v) is 7.56. The molecule has 0 aliphatic rings. The molecule has 0 amide bonds. The maximum absolute atomic E-state index is 12.8. The quantitative estimate of drug-likeness (QED) is 0.560. The van der Waals surface area contributed by atoms with Gasteiger partial charge in [0.15, 0.2) is 0 Å². The highest BCUT2D eigenvalue weighted by Gasteiger charge is 2.13. The standard InChI is InChI=1S/C8H7ClFNO2/c1-13-8(12)5-2-4(10)3-6(9)7(5)11/h2-3H,11H2,1H3. The molecule has 0 aromatic heterocycles. The molecule has 0 aliphatic carbocycles. The summed E-state index contributed by atoms with van der Waals surface area (Å²) >= 11 is 5.55. The Labute approximate surface area is 79.2 Å². The first-order chi connectivity index (χ1) is 6.06. The molecule has 0 spiro atoms. The topological polar surface area (TPSA) is 52.3 Å². The van der Waals surface area contributed by atoms with Crippen molar-refractivity contribution in [1.29, 1.82) is 0 Å². The Balaban J connectivity index is 3.28. The van der Waals surface area contributed by atoms with Gasteiger partial charge in [0, 0.05) is 0 Å². The van der Waals surface area contributed by atoms with E-state index >= 15 is 0 Å². The van der Waals surface area contributed by atoms with Crippen LogP contribution in [0, 0.1) is 5.82 Å². The van der Waals surface area contributed by atoms with Gasteiger partial charge in [-0.1, -0.05) is 11.6 Å². The molecular formula is C8H7ClFNO2. The summed E-state index contributed by atoms with van der Waals surface area (Å²) in [5.41, 5.74) is 5.39.